The highest BCUT2D eigenvalue weighted by Gasteiger charge is 2.27. The number of rotatable bonds is 6. The van der Waals surface area contributed by atoms with Crippen LogP contribution in [-0.2, 0) is 0 Å². The molecule has 0 aliphatic rings. The van der Waals surface area contributed by atoms with Crippen molar-refractivity contribution in [2.45, 2.75) is 64.8 Å². The fourth-order valence-electron chi connectivity index (χ4n) is 2.74. The Kier molecular flexibility index (Phi) is 6.33. The molecule has 0 fully saturated rings. The van der Waals surface area contributed by atoms with Crippen LogP contribution >= 0.6 is 11.8 Å². The van der Waals surface area contributed by atoms with E-state index in [4.69, 9.17) is 0 Å². The lowest BCUT2D eigenvalue weighted by Crippen LogP contribution is -2.45. The molecule has 0 atom stereocenters. The third-order valence-corrected chi connectivity index (χ3v) is 4.30. The standard InChI is InChI=1S/C18H29NOS/c1-7-12-21-15-11-9-8-10-14(15)16(20)19-18(5,6)13-17(2,3)4/h8-11H,7,12-13H2,1-6H3,(H,19,20). The topological polar surface area (TPSA) is 29.1 Å². The summed E-state index contributed by atoms with van der Waals surface area (Å²) in [5.74, 6) is 1.07. The number of thioether (sulfide) groups is 1. The Morgan fingerprint density at radius 1 is 1.14 bits per heavy atom. The van der Waals surface area contributed by atoms with Gasteiger partial charge in [0.15, 0.2) is 0 Å². The van der Waals surface area contributed by atoms with E-state index >= 15 is 0 Å². The van der Waals surface area contributed by atoms with Crippen LogP contribution in [0.2, 0.25) is 0 Å². The van der Waals surface area contributed by atoms with Gasteiger partial charge in [-0.15, -0.1) is 11.8 Å². The zero-order chi connectivity index (χ0) is 16.1. The SMILES string of the molecule is CCCSc1ccccc1C(=O)NC(C)(C)CC(C)(C)C. The largest absolute Gasteiger partial charge is 0.347 e. The van der Waals surface area contributed by atoms with Crippen molar-refractivity contribution in [1.29, 1.82) is 0 Å². The molecule has 0 saturated carbocycles. The summed E-state index contributed by atoms with van der Waals surface area (Å²) >= 11 is 1.75. The van der Waals surface area contributed by atoms with Crippen LogP contribution in [0.15, 0.2) is 29.2 Å². The molecule has 0 unspecified atom stereocenters. The van der Waals surface area contributed by atoms with Crippen molar-refractivity contribution in [2.75, 3.05) is 5.75 Å². The number of hydrogen-bond donors (Lipinski definition) is 1. The third kappa shape index (κ3) is 6.56. The van der Waals surface area contributed by atoms with Crippen molar-refractivity contribution in [2.24, 2.45) is 5.41 Å². The van der Waals surface area contributed by atoms with Gasteiger partial charge in [-0.1, -0.05) is 39.8 Å². The average molecular weight is 308 g/mol. The molecule has 1 rings (SSSR count). The number of carbonyl (C=O) groups is 1. The van der Waals surface area contributed by atoms with Gasteiger partial charge in [-0.25, -0.2) is 0 Å². The fourth-order valence-corrected chi connectivity index (χ4v) is 3.65. The van der Waals surface area contributed by atoms with Crippen molar-refractivity contribution in [1.82, 2.24) is 5.32 Å². The molecule has 21 heavy (non-hydrogen) atoms. The summed E-state index contributed by atoms with van der Waals surface area (Å²) in [6.07, 6.45) is 2.05. The molecule has 0 saturated heterocycles. The highest BCUT2D eigenvalue weighted by atomic mass is 32.2. The number of amides is 1. The van der Waals surface area contributed by atoms with E-state index in [0.717, 1.165) is 29.1 Å². The van der Waals surface area contributed by atoms with E-state index in [1.807, 2.05) is 24.3 Å². The molecule has 0 aliphatic carbocycles. The summed E-state index contributed by atoms with van der Waals surface area (Å²) in [6.45, 7) is 12.9. The Hall–Kier alpha value is -0.960. The van der Waals surface area contributed by atoms with Crippen LogP contribution in [0.3, 0.4) is 0 Å². The Labute approximate surface area is 134 Å². The van der Waals surface area contributed by atoms with Gasteiger partial charge < -0.3 is 5.32 Å². The highest BCUT2D eigenvalue weighted by molar-refractivity contribution is 7.99. The van der Waals surface area contributed by atoms with Crippen LogP contribution < -0.4 is 5.32 Å². The third-order valence-electron chi connectivity index (χ3n) is 3.02. The summed E-state index contributed by atoms with van der Waals surface area (Å²) in [5.41, 5.74) is 0.767. The summed E-state index contributed by atoms with van der Waals surface area (Å²) in [7, 11) is 0. The van der Waals surface area contributed by atoms with E-state index in [1.165, 1.54) is 0 Å². The van der Waals surface area contributed by atoms with Gasteiger partial charge in [0.05, 0.1) is 5.56 Å². The summed E-state index contributed by atoms with van der Waals surface area (Å²) < 4.78 is 0. The Morgan fingerprint density at radius 3 is 2.33 bits per heavy atom. The molecule has 118 valence electrons. The molecule has 0 heterocycles. The minimum atomic E-state index is -0.210. The van der Waals surface area contributed by atoms with Crippen molar-refractivity contribution in [3.05, 3.63) is 29.8 Å². The first kappa shape index (κ1) is 18.1. The van der Waals surface area contributed by atoms with Crippen molar-refractivity contribution < 1.29 is 4.79 Å². The molecule has 0 aliphatic heterocycles. The molecular formula is C18H29NOS. The highest BCUT2D eigenvalue weighted by Crippen LogP contribution is 2.28. The predicted octanol–water partition coefficient (Wildman–Crippen LogP) is 5.13. The maximum absolute atomic E-state index is 12.6. The van der Waals surface area contributed by atoms with Crippen molar-refractivity contribution in [3.8, 4) is 0 Å². The molecule has 3 heteroatoms. The van der Waals surface area contributed by atoms with Crippen LogP contribution in [0.4, 0.5) is 0 Å². The lowest BCUT2D eigenvalue weighted by atomic mass is 9.81. The van der Waals surface area contributed by atoms with E-state index in [1.54, 1.807) is 11.8 Å². The molecular weight excluding hydrogens is 278 g/mol. The second-order valence-corrected chi connectivity index (χ2v) is 8.56. The lowest BCUT2D eigenvalue weighted by molar-refractivity contribution is 0.0888. The fraction of sp³-hybridized carbons (Fsp3) is 0.611. The second kappa shape index (κ2) is 7.35. The number of nitrogens with one attached hydrogen (secondary N) is 1. The second-order valence-electron chi connectivity index (χ2n) is 7.42. The Balaban J connectivity index is 2.84. The lowest BCUT2D eigenvalue weighted by Gasteiger charge is -2.33. The van der Waals surface area contributed by atoms with Gasteiger partial charge in [0.1, 0.15) is 0 Å². The Morgan fingerprint density at radius 2 is 1.76 bits per heavy atom. The monoisotopic (exact) mass is 307 g/mol. The van der Waals surface area contributed by atoms with E-state index in [-0.39, 0.29) is 16.9 Å². The van der Waals surface area contributed by atoms with Gasteiger partial charge in [-0.05, 0) is 50.0 Å². The zero-order valence-electron chi connectivity index (χ0n) is 14.2. The summed E-state index contributed by atoms with van der Waals surface area (Å²) in [5, 5.41) is 3.19. The van der Waals surface area contributed by atoms with Gasteiger partial charge in [0.2, 0.25) is 0 Å². The van der Waals surface area contributed by atoms with E-state index < -0.39 is 0 Å². The quantitative estimate of drug-likeness (QED) is 0.738. The number of benzene rings is 1. The van der Waals surface area contributed by atoms with Gasteiger partial charge >= 0.3 is 0 Å². The molecule has 1 amide bonds. The van der Waals surface area contributed by atoms with Crippen LogP contribution in [0.25, 0.3) is 0 Å². The average Bonchev–Trinajstić information content (AvgIpc) is 2.33. The minimum absolute atomic E-state index is 0.0310. The van der Waals surface area contributed by atoms with Gasteiger partial charge in [0.25, 0.3) is 5.91 Å². The molecule has 1 N–H and O–H groups in total. The van der Waals surface area contributed by atoms with Gasteiger partial charge in [0, 0.05) is 10.4 Å². The minimum Gasteiger partial charge on any atom is -0.347 e. The summed E-state index contributed by atoms with van der Waals surface area (Å²) in [4.78, 5) is 13.7. The maximum Gasteiger partial charge on any atom is 0.252 e. The molecule has 0 bridgehead atoms. The smallest absolute Gasteiger partial charge is 0.252 e. The van der Waals surface area contributed by atoms with Gasteiger partial charge in [-0.3, -0.25) is 4.79 Å². The maximum atomic E-state index is 12.6. The van der Waals surface area contributed by atoms with E-state index in [2.05, 4.69) is 46.9 Å². The van der Waals surface area contributed by atoms with Gasteiger partial charge in [-0.2, -0.15) is 0 Å². The van der Waals surface area contributed by atoms with Crippen LogP contribution in [0.1, 0.15) is 64.7 Å². The molecule has 1 aromatic carbocycles. The van der Waals surface area contributed by atoms with Crippen LogP contribution in [0, 0.1) is 5.41 Å². The van der Waals surface area contributed by atoms with Crippen molar-refractivity contribution >= 4 is 17.7 Å². The van der Waals surface area contributed by atoms with Crippen molar-refractivity contribution in [3.63, 3.8) is 0 Å². The molecule has 2 nitrogen and oxygen atoms in total. The number of carbonyl (C=O) groups excluding carboxylic acids is 1. The molecule has 0 spiro atoms. The van der Waals surface area contributed by atoms with Crippen LogP contribution in [-0.4, -0.2) is 17.2 Å². The number of hydrogen-bond acceptors (Lipinski definition) is 2. The Bertz CT molecular complexity index is 474. The van der Waals surface area contributed by atoms with Crippen LogP contribution in [0.5, 0.6) is 0 Å². The predicted molar refractivity (Wildman–Crippen MR) is 93.1 cm³/mol. The summed E-state index contributed by atoms with van der Waals surface area (Å²) in [6, 6.07) is 7.88. The molecule has 0 aromatic heterocycles. The first-order valence-corrected chi connectivity index (χ1v) is 8.67. The first-order chi connectivity index (χ1) is 9.64. The zero-order valence-corrected chi connectivity index (χ0v) is 15.1. The normalized spacial score (nSPS) is 12.3. The van der Waals surface area contributed by atoms with E-state index in [0.29, 0.717) is 0 Å². The molecule has 1 aromatic rings. The molecule has 0 radical (unpaired) electrons. The first-order valence-electron chi connectivity index (χ1n) is 7.69. The van der Waals surface area contributed by atoms with E-state index in [9.17, 15) is 4.79 Å².